The van der Waals surface area contributed by atoms with Gasteiger partial charge in [-0.2, -0.15) is 4.98 Å². The minimum atomic E-state index is 0.635. The highest BCUT2D eigenvalue weighted by molar-refractivity contribution is 4.96. The Morgan fingerprint density at radius 3 is 3.00 bits per heavy atom. The molecule has 0 aliphatic heterocycles. The summed E-state index contributed by atoms with van der Waals surface area (Å²) in [7, 11) is 0. The first-order chi connectivity index (χ1) is 7.83. The zero-order valence-electron chi connectivity index (χ0n) is 9.68. The largest absolute Gasteiger partial charge is 0.339 e. The van der Waals surface area contributed by atoms with E-state index in [0.717, 1.165) is 36.8 Å². The van der Waals surface area contributed by atoms with Gasteiger partial charge in [-0.3, -0.25) is 0 Å². The molecule has 2 aromatic rings. The normalized spacial score (nSPS) is 10.9. The van der Waals surface area contributed by atoms with Crippen LogP contribution in [0.4, 0.5) is 0 Å². The summed E-state index contributed by atoms with van der Waals surface area (Å²) in [6.45, 7) is 4.81. The molecule has 2 rings (SSSR count). The Hall–Kier alpha value is -1.65. The topological polar surface area (TPSA) is 56.7 Å². The van der Waals surface area contributed by atoms with Gasteiger partial charge in [0.05, 0.1) is 6.54 Å². The minimum Gasteiger partial charge on any atom is -0.339 e. The Kier molecular flexibility index (Phi) is 3.34. The molecule has 5 nitrogen and oxygen atoms in total. The third-order valence-electron chi connectivity index (χ3n) is 2.40. The average Bonchev–Trinajstić information content (AvgIpc) is 2.89. The standard InChI is InChI=1S/C11H16N4O/c1-3-5-11-13-9(14-16-11)8-15-7-6-12-10(15)4-2/h6-7H,3-5,8H2,1-2H3. The van der Waals surface area contributed by atoms with E-state index >= 15 is 0 Å². The molecular weight excluding hydrogens is 204 g/mol. The Morgan fingerprint density at radius 2 is 2.25 bits per heavy atom. The molecule has 2 aromatic heterocycles. The van der Waals surface area contributed by atoms with Gasteiger partial charge in [0.2, 0.25) is 5.89 Å². The highest BCUT2D eigenvalue weighted by atomic mass is 16.5. The van der Waals surface area contributed by atoms with E-state index in [4.69, 9.17) is 4.52 Å². The lowest BCUT2D eigenvalue weighted by Crippen LogP contribution is -2.04. The van der Waals surface area contributed by atoms with Crippen molar-refractivity contribution in [3.63, 3.8) is 0 Å². The number of hydrogen-bond donors (Lipinski definition) is 0. The lowest BCUT2D eigenvalue weighted by Gasteiger charge is -2.01. The van der Waals surface area contributed by atoms with Crippen molar-refractivity contribution >= 4 is 0 Å². The van der Waals surface area contributed by atoms with Crippen LogP contribution in [0.15, 0.2) is 16.9 Å². The van der Waals surface area contributed by atoms with Gasteiger partial charge in [0.1, 0.15) is 5.82 Å². The highest BCUT2D eigenvalue weighted by Gasteiger charge is 2.07. The fourth-order valence-corrected chi connectivity index (χ4v) is 1.62. The SMILES string of the molecule is CCCc1nc(Cn2ccnc2CC)no1. The summed E-state index contributed by atoms with van der Waals surface area (Å²) in [5, 5.41) is 3.95. The molecule has 0 bridgehead atoms. The van der Waals surface area contributed by atoms with Crippen LogP contribution in [0.3, 0.4) is 0 Å². The van der Waals surface area contributed by atoms with Gasteiger partial charge in [-0.05, 0) is 6.42 Å². The summed E-state index contributed by atoms with van der Waals surface area (Å²) < 4.78 is 7.17. The molecule has 0 atom stereocenters. The van der Waals surface area contributed by atoms with Crippen molar-refractivity contribution in [1.29, 1.82) is 0 Å². The van der Waals surface area contributed by atoms with Crippen molar-refractivity contribution in [3.05, 3.63) is 29.9 Å². The number of aromatic nitrogens is 4. The van der Waals surface area contributed by atoms with Crippen molar-refractivity contribution in [2.75, 3.05) is 0 Å². The van der Waals surface area contributed by atoms with Crippen molar-refractivity contribution in [2.24, 2.45) is 0 Å². The molecule has 0 unspecified atom stereocenters. The van der Waals surface area contributed by atoms with Gasteiger partial charge in [-0.15, -0.1) is 0 Å². The first-order valence-corrected chi connectivity index (χ1v) is 5.65. The number of rotatable bonds is 5. The fraction of sp³-hybridized carbons (Fsp3) is 0.545. The van der Waals surface area contributed by atoms with Gasteiger partial charge in [-0.1, -0.05) is 19.0 Å². The van der Waals surface area contributed by atoms with Crippen LogP contribution < -0.4 is 0 Å². The molecule has 5 heteroatoms. The molecule has 0 saturated heterocycles. The fourth-order valence-electron chi connectivity index (χ4n) is 1.62. The summed E-state index contributed by atoms with van der Waals surface area (Å²) in [5.74, 6) is 2.48. The number of hydrogen-bond acceptors (Lipinski definition) is 4. The molecule has 0 aromatic carbocycles. The van der Waals surface area contributed by atoms with Crippen LogP contribution in [0, 0.1) is 0 Å². The number of imidazole rings is 1. The highest BCUT2D eigenvalue weighted by Crippen LogP contribution is 2.05. The zero-order valence-corrected chi connectivity index (χ0v) is 9.68. The molecule has 0 N–H and O–H groups in total. The van der Waals surface area contributed by atoms with Crippen LogP contribution in [0.5, 0.6) is 0 Å². The molecule has 0 saturated carbocycles. The molecule has 16 heavy (non-hydrogen) atoms. The van der Waals surface area contributed by atoms with Crippen LogP contribution in [0.1, 0.15) is 37.8 Å². The molecule has 86 valence electrons. The molecule has 0 aliphatic carbocycles. The lowest BCUT2D eigenvalue weighted by atomic mass is 10.3. The van der Waals surface area contributed by atoms with E-state index in [1.54, 1.807) is 6.20 Å². The maximum absolute atomic E-state index is 5.13. The summed E-state index contributed by atoms with van der Waals surface area (Å²) in [4.78, 5) is 8.57. The van der Waals surface area contributed by atoms with Gasteiger partial charge in [0, 0.05) is 25.2 Å². The van der Waals surface area contributed by atoms with Gasteiger partial charge in [-0.25, -0.2) is 4.98 Å². The quantitative estimate of drug-likeness (QED) is 0.771. The van der Waals surface area contributed by atoms with E-state index in [-0.39, 0.29) is 0 Å². The Balaban J connectivity index is 2.08. The van der Waals surface area contributed by atoms with E-state index in [1.807, 2.05) is 10.8 Å². The minimum absolute atomic E-state index is 0.635. The van der Waals surface area contributed by atoms with Gasteiger partial charge >= 0.3 is 0 Å². The van der Waals surface area contributed by atoms with E-state index in [1.165, 1.54) is 0 Å². The Labute approximate surface area is 94.5 Å². The first kappa shape index (κ1) is 10.9. The maximum Gasteiger partial charge on any atom is 0.226 e. The Bertz CT molecular complexity index is 446. The third kappa shape index (κ3) is 2.29. The van der Waals surface area contributed by atoms with Crippen LogP contribution in [0.25, 0.3) is 0 Å². The number of nitrogens with zero attached hydrogens (tertiary/aromatic N) is 4. The summed E-state index contributed by atoms with van der Waals surface area (Å²) in [6.07, 6.45) is 6.51. The molecule has 0 aliphatic rings. The van der Waals surface area contributed by atoms with E-state index in [0.29, 0.717) is 6.54 Å². The van der Waals surface area contributed by atoms with Gasteiger partial charge < -0.3 is 9.09 Å². The smallest absolute Gasteiger partial charge is 0.226 e. The van der Waals surface area contributed by atoms with Crippen molar-refractivity contribution < 1.29 is 4.52 Å². The van der Waals surface area contributed by atoms with E-state index in [9.17, 15) is 0 Å². The summed E-state index contributed by atoms with van der Waals surface area (Å²) >= 11 is 0. The number of aryl methyl sites for hydroxylation is 2. The molecule has 0 radical (unpaired) electrons. The second-order valence-corrected chi connectivity index (χ2v) is 3.68. The van der Waals surface area contributed by atoms with Crippen molar-refractivity contribution in [3.8, 4) is 0 Å². The zero-order chi connectivity index (χ0) is 11.4. The Morgan fingerprint density at radius 1 is 1.38 bits per heavy atom. The van der Waals surface area contributed by atoms with E-state index in [2.05, 4.69) is 29.0 Å². The molecule has 0 fully saturated rings. The molecule has 0 spiro atoms. The predicted molar refractivity (Wildman–Crippen MR) is 59.0 cm³/mol. The van der Waals surface area contributed by atoms with Crippen LogP contribution >= 0.6 is 0 Å². The van der Waals surface area contributed by atoms with Gasteiger partial charge in [0.15, 0.2) is 5.82 Å². The van der Waals surface area contributed by atoms with E-state index < -0.39 is 0 Å². The van der Waals surface area contributed by atoms with Crippen LogP contribution in [-0.4, -0.2) is 19.7 Å². The van der Waals surface area contributed by atoms with Crippen LogP contribution in [0.2, 0.25) is 0 Å². The monoisotopic (exact) mass is 220 g/mol. The first-order valence-electron chi connectivity index (χ1n) is 5.65. The average molecular weight is 220 g/mol. The van der Waals surface area contributed by atoms with Gasteiger partial charge in [0.25, 0.3) is 0 Å². The van der Waals surface area contributed by atoms with Crippen molar-refractivity contribution in [2.45, 2.75) is 39.7 Å². The predicted octanol–water partition coefficient (Wildman–Crippen LogP) is 1.83. The third-order valence-corrected chi connectivity index (χ3v) is 2.40. The second-order valence-electron chi connectivity index (χ2n) is 3.68. The lowest BCUT2D eigenvalue weighted by molar-refractivity contribution is 0.371. The molecule has 2 heterocycles. The summed E-state index contributed by atoms with van der Waals surface area (Å²) in [6, 6.07) is 0. The molecular formula is C11H16N4O. The van der Waals surface area contributed by atoms with Crippen molar-refractivity contribution in [1.82, 2.24) is 19.7 Å². The molecule has 0 amide bonds. The summed E-state index contributed by atoms with van der Waals surface area (Å²) in [5.41, 5.74) is 0. The van der Waals surface area contributed by atoms with Crippen LogP contribution in [-0.2, 0) is 19.4 Å². The maximum atomic E-state index is 5.13. The second kappa shape index (κ2) is 4.92.